The second-order valence-electron chi connectivity index (χ2n) is 14.8. The van der Waals surface area contributed by atoms with Crippen molar-refractivity contribution in [1.82, 2.24) is 4.98 Å². The molecule has 3 aromatic carbocycles. The molecule has 49 heavy (non-hydrogen) atoms. The third-order valence-electron chi connectivity index (χ3n) is 11.3. The van der Waals surface area contributed by atoms with Crippen molar-refractivity contribution in [3.05, 3.63) is 101 Å². The number of pyridine rings is 1. The molecule has 0 fully saturated rings. The zero-order valence-electron chi connectivity index (χ0n) is 30.9. The molecule has 5 aromatic rings. The fraction of sp³-hybridized carbons (Fsp3) is 0.409. The summed E-state index contributed by atoms with van der Waals surface area (Å²) < 4.78 is 6.33. The average molecular weight is 835 g/mol. The molecule has 1 aliphatic carbocycles. The summed E-state index contributed by atoms with van der Waals surface area (Å²) in [5, 5.41) is 12.5. The van der Waals surface area contributed by atoms with E-state index >= 15 is 0 Å². The van der Waals surface area contributed by atoms with Crippen molar-refractivity contribution in [3.8, 4) is 22.6 Å². The van der Waals surface area contributed by atoms with E-state index in [1.807, 2.05) is 53.7 Å². The number of rotatable bonds is 9. The second kappa shape index (κ2) is 14.8. The molecule has 1 aliphatic rings. The van der Waals surface area contributed by atoms with Gasteiger partial charge in [-0.2, -0.15) is 0 Å². The summed E-state index contributed by atoms with van der Waals surface area (Å²) in [5.74, 6) is 1.78. The topological polar surface area (TPSA) is 63.3 Å². The first-order valence-corrected chi connectivity index (χ1v) is 17.7. The van der Waals surface area contributed by atoms with Gasteiger partial charge in [0.05, 0.1) is 5.52 Å². The second-order valence-corrected chi connectivity index (χ2v) is 14.8. The number of allylic oxidation sites excluding steroid dienone is 2. The van der Waals surface area contributed by atoms with Crippen molar-refractivity contribution < 1.29 is 34.4 Å². The molecule has 0 spiro atoms. The minimum Gasteiger partial charge on any atom is -0.512 e. The Morgan fingerprint density at radius 1 is 0.918 bits per heavy atom. The van der Waals surface area contributed by atoms with Crippen LogP contribution in [0.25, 0.3) is 44.5 Å². The van der Waals surface area contributed by atoms with Crippen molar-refractivity contribution >= 4 is 27.7 Å². The summed E-state index contributed by atoms with van der Waals surface area (Å²) in [7, 11) is 0. The molecule has 261 valence electrons. The van der Waals surface area contributed by atoms with E-state index in [4.69, 9.17) is 9.40 Å². The van der Waals surface area contributed by atoms with E-state index in [-0.39, 0.29) is 47.9 Å². The number of benzene rings is 3. The van der Waals surface area contributed by atoms with Crippen LogP contribution in [-0.2, 0) is 30.3 Å². The first kappa shape index (κ1) is 38.3. The fourth-order valence-corrected chi connectivity index (χ4v) is 6.85. The van der Waals surface area contributed by atoms with Crippen molar-refractivity contribution in [1.29, 1.82) is 0 Å². The van der Waals surface area contributed by atoms with Crippen molar-refractivity contribution in [2.75, 3.05) is 0 Å². The van der Waals surface area contributed by atoms with Crippen LogP contribution in [0.1, 0.15) is 118 Å². The van der Waals surface area contributed by atoms with Crippen LogP contribution in [0, 0.1) is 16.9 Å². The van der Waals surface area contributed by atoms with Gasteiger partial charge < -0.3 is 9.52 Å². The molecule has 0 amide bonds. The van der Waals surface area contributed by atoms with Crippen LogP contribution in [0.2, 0.25) is 0 Å². The number of aromatic nitrogens is 1. The van der Waals surface area contributed by atoms with Gasteiger partial charge in [-0.1, -0.05) is 111 Å². The number of aliphatic hydroxyl groups excluding tert-OH is 1. The molecule has 0 bridgehead atoms. The van der Waals surface area contributed by atoms with E-state index in [1.165, 1.54) is 33.5 Å². The molecule has 0 saturated carbocycles. The molecular formula is C44H52IrNO3-. The van der Waals surface area contributed by atoms with Gasteiger partial charge in [-0.25, -0.2) is 0 Å². The van der Waals surface area contributed by atoms with E-state index in [0.29, 0.717) is 5.92 Å². The van der Waals surface area contributed by atoms with Gasteiger partial charge in [0.15, 0.2) is 5.78 Å². The molecule has 1 radical (unpaired) electrons. The molecule has 2 heterocycles. The summed E-state index contributed by atoms with van der Waals surface area (Å²) in [6.07, 6.45) is 4.75. The van der Waals surface area contributed by atoms with Crippen LogP contribution < -0.4 is 0 Å². The van der Waals surface area contributed by atoms with E-state index in [2.05, 4.69) is 88.4 Å². The van der Waals surface area contributed by atoms with Gasteiger partial charge in [0.1, 0.15) is 17.1 Å². The number of aliphatic hydroxyl groups is 1. The van der Waals surface area contributed by atoms with Crippen molar-refractivity contribution in [2.24, 2.45) is 10.8 Å². The number of hydrogen-bond acceptors (Lipinski definition) is 4. The predicted molar refractivity (Wildman–Crippen MR) is 201 cm³/mol. The van der Waals surface area contributed by atoms with Gasteiger partial charge in [-0.15, -0.1) is 29.3 Å². The molecule has 5 heteroatoms. The van der Waals surface area contributed by atoms with Gasteiger partial charge in [0, 0.05) is 48.0 Å². The first-order chi connectivity index (χ1) is 22.7. The smallest absolute Gasteiger partial charge is 0.164 e. The Morgan fingerprint density at radius 2 is 1.57 bits per heavy atom. The maximum absolute atomic E-state index is 12.2. The predicted octanol–water partition coefficient (Wildman–Crippen LogP) is 12.5. The Labute approximate surface area is 306 Å². The first-order valence-electron chi connectivity index (χ1n) is 17.7. The quantitative estimate of drug-likeness (QED) is 0.0913. The van der Waals surface area contributed by atoms with Gasteiger partial charge in [0.2, 0.25) is 0 Å². The molecule has 4 nitrogen and oxygen atoms in total. The Balaban J connectivity index is 0.000000260. The average Bonchev–Trinajstić information content (AvgIpc) is 3.60. The largest absolute Gasteiger partial charge is 0.512 e. The normalized spacial score (nSPS) is 13.9. The number of nitrogens with zero attached hydrogens (tertiary/aromatic N) is 1. The number of furan rings is 1. The van der Waals surface area contributed by atoms with Gasteiger partial charge in [0.25, 0.3) is 0 Å². The summed E-state index contributed by atoms with van der Waals surface area (Å²) in [5.41, 5.74) is 8.21. The number of hydrogen-bond donors (Lipinski definition) is 1. The summed E-state index contributed by atoms with van der Waals surface area (Å²) in [6, 6.07) is 26.9. The minimum absolute atomic E-state index is 0. The molecule has 2 aromatic heterocycles. The SMILES string of the molecule is CC(C)c1ccc2nc(-c3[c-]ccc4c3C(C)(C)c3c-4oc4ccccc34)ccc2c1.CCC(C)(CC)C(=O)/C=C(\O)C(C)(CC)CC.[Ir]. The minimum atomic E-state index is -0.337. The third-order valence-corrected chi connectivity index (χ3v) is 11.3. The molecule has 0 unspecified atom stereocenters. The van der Waals surface area contributed by atoms with E-state index in [1.54, 1.807) is 0 Å². The molecular weight excluding hydrogens is 783 g/mol. The third kappa shape index (κ3) is 6.94. The van der Waals surface area contributed by atoms with E-state index < -0.39 is 0 Å². The van der Waals surface area contributed by atoms with Gasteiger partial charge in [-0.05, 0) is 71.9 Å². The van der Waals surface area contributed by atoms with Crippen LogP contribution in [-0.4, -0.2) is 15.9 Å². The van der Waals surface area contributed by atoms with Gasteiger partial charge >= 0.3 is 0 Å². The van der Waals surface area contributed by atoms with Crippen LogP contribution in [0.4, 0.5) is 0 Å². The molecule has 0 aliphatic heterocycles. The Bertz CT molecular complexity index is 1990. The van der Waals surface area contributed by atoms with E-state index in [9.17, 15) is 9.90 Å². The molecule has 1 N–H and O–H groups in total. The fourth-order valence-electron chi connectivity index (χ4n) is 6.85. The number of ketones is 1. The maximum Gasteiger partial charge on any atom is 0.164 e. The van der Waals surface area contributed by atoms with Crippen molar-refractivity contribution in [3.63, 3.8) is 0 Å². The summed E-state index contributed by atoms with van der Waals surface area (Å²) >= 11 is 0. The van der Waals surface area contributed by atoms with Crippen LogP contribution in [0.5, 0.6) is 0 Å². The van der Waals surface area contributed by atoms with Crippen molar-refractivity contribution in [2.45, 2.75) is 106 Å². The van der Waals surface area contributed by atoms with Crippen LogP contribution in [0.3, 0.4) is 0 Å². The maximum atomic E-state index is 12.2. The van der Waals surface area contributed by atoms with Crippen LogP contribution in [0.15, 0.2) is 83.0 Å². The van der Waals surface area contributed by atoms with E-state index in [0.717, 1.165) is 59.4 Å². The number of para-hydroxylation sites is 1. The summed E-state index contributed by atoms with van der Waals surface area (Å²) in [6.45, 7) is 21.1. The summed E-state index contributed by atoms with van der Waals surface area (Å²) in [4.78, 5) is 17.2. The van der Waals surface area contributed by atoms with Crippen LogP contribution >= 0.6 is 0 Å². The Kier molecular flexibility index (Phi) is 11.5. The standard InChI is InChI=1S/C29H24NO.C15H28O2.Ir/c1-17(2)18-12-14-23-19(16-18)13-15-24(30-23)20-9-7-10-22-26(20)29(3,4)27-21-8-5-6-11-25(21)31-28(22)27;1-7-14(5,8-2)12(16)11-13(17)15(6,9-3)10-4;/h5-8,10-17H,1-4H3;11,16H,7-10H2,1-6H3;/q-1;;/b;12-11-;. The monoisotopic (exact) mass is 835 g/mol. The number of carbonyl (C=O) groups excluding carboxylic acids is 1. The molecule has 6 rings (SSSR count). The number of fused-ring (bicyclic) bond motifs is 6. The zero-order valence-corrected chi connectivity index (χ0v) is 33.3. The number of carbonyl (C=O) groups is 1. The molecule has 0 atom stereocenters. The zero-order chi connectivity index (χ0) is 35.0. The van der Waals surface area contributed by atoms with Gasteiger partial charge in [-0.3, -0.25) is 9.78 Å². The molecule has 0 saturated heterocycles. The Hall–Kier alpha value is -3.53. The Morgan fingerprint density at radius 3 is 2.20 bits per heavy atom.